The third kappa shape index (κ3) is 4.06. The van der Waals surface area contributed by atoms with Gasteiger partial charge in [-0.1, -0.05) is 35.9 Å². The number of carbonyl (C=O) groups excluding carboxylic acids is 2. The van der Waals surface area contributed by atoms with Gasteiger partial charge in [0.2, 0.25) is 0 Å². The van der Waals surface area contributed by atoms with Crippen molar-refractivity contribution in [2.45, 2.75) is 13.0 Å². The fourth-order valence-corrected chi connectivity index (χ4v) is 3.15. The van der Waals surface area contributed by atoms with Gasteiger partial charge >= 0.3 is 0 Å². The van der Waals surface area contributed by atoms with Gasteiger partial charge in [-0.2, -0.15) is 0 Å². The van der Waals surface area contributed by atoms with Gasteiger partial charge in [-0.15, -0.1) is 0 Å². The summed E-state index contributed by atoms with van der Waals surface area (Å²) in [4.78, 5) is 27.3. The molecule has 0 fully saturated rings. The number of nitrogens with zero attached hydrogens (tertiary/aromatic N) is 2. The molecular weight excluding hydrogens is 352 g/mol. The normalized spacial score (nSPS) is 13.5. The number of ether oxygens (including phenoxy) is 1. The van der Waals surface area contributed by atoms with Crippen molar-refractivity contribution in [3.63, 3.8) is 0 Å². The molecule has 0 atom stereocenters. The predicted molar refractivity (Wildman–Crippen MR) is 102 cm³/mol. The molecule has 26 heavy (non-hydrogen) atoms. The number of carbonyl (C=O) groups is 2. The molecule has 0 bridgehead atoms. The van der Waals surface area contributed by atoms with E-state index in [1.165, 1.54) is 5.56 Å². The molecule has 0 aromatic heterocycles. The van der Waals surface area contributed by atoms with E-state index in [0.717, 1.165) is 18.5 Å². The van der Waals surface area contributed by atoms with Gasteiger partial charge < -0.3 is 14.5 Å². The summed E-state index contributed by atoms with van der Waals surface area (Å²) in [6, 6.07) is 11.4. The van der Waals surface area contributed by atoms with Crippen LogP contribution in [0.3, 0.4) is 0 Å². The molecule has 136 valence electrons. The molecule has 0 aliphatic carbocycles. The molecule has 0 saturated heterocycles. The molecule has 5 nitrogen and oxygen atoms in total. The number of anilines is 1. The van der Waals surface area contributed by atoms with Crippen molar-refractivity contribution in [1.82, 2.24) is 4.90 Å². The molecule has 0 N–H and O–H groups in total. The van der Waals surface area contributed by atoms with Crippen LogP contribution in [0.2, 0.25) is 5.02 Å². The lowest BCUT2D eigenvalue weighted by Gasteiger charge is -2.30. The average Bonchev–Trinajstić information content (AvgIpc) is 2.63. The smallest absolute Gasteiger partial charge is 0.265 e. The Morgan fingerprint density at radius 1 is 1.19 bits per heavy atom. The van der Waals surface area contributed by atoms with E-state index in [0.29, 0.717) is 34.9 Å². The molecule has 3 rings (SSSR count). The molecule has 1 heterocycles. The standard InChI is InChI=1S/C20H21ClN2O3/c1-22(2)8-7-14-3-5-15(6-4-14)11-23-18-10-16(12-24)9-17(21)20(18)26-13-19(23)25/h3-6,9-10,12H,7-8,11,13H2,1-2H3. The van der Waals surface area contributed by atoms with Gasteiger partial charge in [-0.05, 0) is 43.8 Å². The van der Waals surface area contributed by atoms with Gasteiger partial charge in [-0.25, -0.2) is 0 Å². The number of halogens is 1. The summed E-state index contributed by atoms with van der Waals surface area (Å²) < 4.78 is 5.46. The van der Waals surface area contributed by atoms with Crippen molar-refractivity contribution in [3.05, 3.63) is 58.1 Å². The first-order chi connectivity index (χ1) is 12.5. The number of likely N-dealkylation sites (N-methyl/N-ethyl adjacent to an activating group) is 1. The molecule has 0 saturated carbocycles. The number of hydrogen-bond donors (Lipinski definition) is 0. The van der Waals surface area contributed by atoms with Crippen LogP contribution in [-0.2, 0) is 17.8 Å². The highest BCUT2D eigenvalue weighted by molar-refractivity contribution is 6.33. The van der Waals surface area contributed by atoms with Crippen LogP contribution in [-0.4, -0.2) is 44.3 Å². The largest absolute Gasteiger partial charge is 0.480 e. The van der Waals surface area contributed by atoms with Crippen LogP contribution in [0.15, 0.2) is 36.4 Å². The van der Waals surface area contributed by atoms with Crippen LogP contribution in [0, 0.1) is 0 Å². The van der Waals surface area contributed by atoms with Gasteiger partial charge in [0.1, 0.15) is 6.29 Å². The first-order valence-corrected chi connectivity index (χ1v) is 8.80. The molecule has 1 amide bonds. The second-order valence-electron chi connectivity index (χ2n) is 6.61. The van der Waals surface area contributed by atoms with E-state index in [4.69, 9.17) is 16.3 Å². The van der Waals surface area contributed by atoms with Crippen LogP contribution in [0.4, 0.5) is 5.69 Å². The molecule has 2 aromatic carbocycles. The number of aldehydes is 1. The summed E-state index contributed by atoms with van der Waals surface area (Å²) in [5, 5.41) is 0.334. The minimum atomic E-state index is -0.159. The maximum Gasteiger partial charge on any atom is 0.265 e. The summed E-state index contributed by atoms with van der Waals surface area (Å²) >= 11 is 6.20. The third-order valence-corrected chi connectivity index (χ3v) is 4.61. The summed E-state index contributed by atoms with van der Waals surface area (Å²) in [6.45, 7) is 1.33. The van der Waals surface area contributed by atoms with E-state index in [9.17, 15) is 9.59 Å². The molecule has 0 spiro atoms. The zero-order valence-electron chi connectivity index (χ0n) is 14.9. The number of amides is 1. The summed E-state index contributed by atoms with van der Waals surface area (Å²) in [7, 11) is 4.10. The molecular formula is C20H21ClN2O3. The van der Waals surface area contributed by atoms with E-state index >= 15 is 0 Å². The van der Waals surface area contributed by atoms with E-state index in [1.54, 1.807) is 17.0 Å². The molecule has 6 heteroatoms. The van der Waals surface area contributed by atoms with Gasteiger partial charge in [0.15, 0.2) is 12.4 Å². The van der Waals surface area contributed by atoms with Crippen LogP contribution in [0.5, 0.6) is 5.75 Å². The molecule has 0 unspecified atom stereocenters. The Labute approximate surface area is 158 Å². The van der Waals surface area contributed by atoms with Crippen molar-refractivity contribution in [2.75, 3.05) is 32.1 Å². The first kappa shape index (κ1) is 18.4. The van der Waals surface area contributed by atoms with Gasteiger partial charge in [0.05, 0.1) is 17.3 Å². The second-order valence-corrected chi connectivity index (χ2v) is 7.01. The van der Waals surface area contributed by atoms with Crippen LogP contribution in [0.25, 0.3) is 0 Å². The maximum atomic E-state index is 12.4. The molecule has 1 aliphatic rings. The summed E-state index contributed by atoms with van der Waals surface area (Å²) in [6.07, 6.45) is 1.69. The first-order valence-electron chi connectivity index (χ1n) is 8.42. The number of benzene rings is 2. The van der Waals surface area contributed by atoms with Crippen molar-refractivity contribution >= 4 is 29.5 Å². The molecule has 2 aromatic rings. The van der Waals surface area contributed by atoms with Crippen LogP contribution < -0.4 is 9.64 Å². The minimum absolute atomic E-state index is 0.0614. The zero-order chi connectivity index (χ0) is 18.7. The third-order valence-electron chi connectivity index (χ3n) is 4.33. The van der Waals surface area contributed by atoms with E-state index < -0.39 is 0 Å². The summed E-state index contributed by atoms with van der Waals surface area (Å²) in [5.74, 6) is 0.285. The maximum absolute atomic E-state index is 12.4. The lowest BCUT2D eigenvalue weighted by Crippen LogP contribution is -2.38. The zero-order valence-corrected chi connectivity index (χ0v) is 15.6. The van der Waals surface area contributed by atoms with Crippen LogP contribution in [0.1, 0.15) is 21.5 Å². The van der Waals surface area contributed by atoms with Gasteiger partial charge in [0, 0.05) is 12.1 Å². The van der Waals surface area contributed by atoms with E-state index in [-0.39, 0.29) is 12.5 Å². The topological polar surface area (TPSA) is 49.9 Å². The van der Waals surface area contributed by atoms with Crippen molar-refractivity contribution < 1.29 is 14.3 Å². The Morgan fingerprint density at radius 2 is 1.88 bits per heavy atom. The number of fused-ring (bicyclic) bond motifs is 1. The van der Waals surface area contributed by atoms with Gasteiger partial charge in [0.25, 0.3) is 5.91 Å². The quantitative estimate of drug-likeness (QED) is 0.731. The highest BCUT2D eigenvalue weighted by atomic mass is 35.5. The average molecular weight is 373 g/mol. The van der Waals surface area contributed by atoms with Gasteiger partial charge in [-0.3, -0.25) is 9.59 Å². The number of rotatable bonds is 6. The molecule has 0 radical (unpaired) electrons. The lowest BCUT2D eigenvalue weighted by molar-refractivity contribution is -0.121. The Morgan fingerprint density at radius 3 is 2.54 bits per heavy atom. The van der Waals surface area contributed by atoms with Crippen molar-refractivity contribution in [1.29, 1.82) is 0 Å². The molecule has 1 aliphatic heterocycles. The highest BCUT2D eigenvalue weighted by Gasteiger charge is 2.28. The Bertz CT molecular complexity index is 819. The fourth-order valence-electron chi connectivity index (χ4n) is 2.88. The Kier molecular flexibility index (Phi) is 5.59. The SMILES string of the molecule is CN(C)CCc1ccc(CN2C(=O)COc3c(Cl)cc(C=O)cc32)cc1. The lowest BCUT2D eigenvalue weighted by atomic mass is 10.1. The van der Waals surface area contributed by atoms with Crippen molar-refractivity contribution in [2.24, 2.45) is 0 Å². The van der Waals surface area contributed by atoms with Crippen molar-refractivity contribution in [3.8, 4) is 5.75 Å². The highest BCUT2D eigenvalue weighted by Crippen LogP contribution is 2.39. The van der Waals surface area contributed by atoms with Crippen LogP contribution >= 0.6 is 11.6 Å². The summed E-state index contributed by atoms with van der Waals surface area (Å²) in [5.41, 5.74) is 3.21. The van der Waals surface area contributed by atoms with E-state index in [1.807, 2.05) is 12.1 Å². The monoisotopic (exact) mass is 372 g/mol. The Balaban J connectivity index is 1.83. The minimum Gasteiger partial charge on any atom is -0.480 e. The Hall–Kier alpha value is -2.37. The second kappa shape index (κ2) is 7.89. The predicted octanol–water partition coefficient (Wildman–Crippen LogP) is 3.18. The van der Waals surface area contributed by atoms with E-state index in [2.05, 4.69) is 31.1 Å². The fraction of sp³-hybridized carbons (Fsp3) is 0.300. The number of hydrogen-bond acceptors (Lipinski definition) is 4.